The van der Waals surface area contributed by atoms with E-state index in [2.05, 4.69) is 77.5 Å². The van der Waals surface area contributed by atoms with Gasteiger partial charge in [-0.15, -0.1) is 0 Å². The number of allylic oxidation sites excluding steroid dienone is 1. The summed E-state index contributed by atoms with van der Waals surface area (Å²) in [6.07, 6.45) is 2.29. The lowest BCUT2D eigenvalue weighted by molar-refractivity contribution is 0.975. The van der Waals surface area contributed by atoms with Gasteiger partial charge in [0.05, 0.1) is 0 Å². The quantitative estimate of drug-likeness (QED) is 0.691. The van der Waals surface area contributed by atoms with Crippen molar-refractivity contribution in [1.29, 1.82) is 0 Å². The summed E-state index contributed by atoms with van der Waals surface area (Å²) in [7, 11) is 0. The Bertz CT molecular complexity index is 582. The van der Waals surface area contributed by atoms with Crippen LogP contribution in [-0.2, 0) is 0 Å². The first-order chi connectivity index (χ1) is 8.25. The van der Waals surface area contributed by atoms with Crippen LogP contribution in [0.25, 0.3) is 6.08 Å². The molecule has 1 atom stereocenters. The fourth-order valence-corrected chi connectivity index (χ4v) is 2.97. The number of rotatable bonds is 1. The van der Waals surface area contributed by atoms with Gasteiger partial charge < -0.3 is 0 Å². The van der Waals surface area contributed by atoms with E-state index >= 15 is 0 Å². The lowest BCUT2D eigenvalue weighted by Crippen LogP contribution is -1.99. The lowest BCUT2D eigenvalue weighted by atomic mass is 9.89. The third-order valence-corrected chi connectivity index (χ3v) is 3.82. The molecular weight excluding hydrogens is 272 g/mol. The van der Waals surface area contributed by atoms with Crippen molar-refractivity contribution in [2.45, 2.75) is 12.8 Å². The molecule has 1 aliphatic rings. The van der Waals surface area contributed by atoms with Crippen LogP contribution in [0, 0.1) is 0 Å². The van der Waals surface area contributed by atoms with Crippen LogP contribution in [0.1, 0.15) is 29.5 Å². The van der Waals surface area contributed by atoms with Gasteiger partial charge in [0.1, 0.15) is 0 Å². The minimum atomic E-state index is 0.420. The molecule has 0 nitrogen and oxygen atoms in total. The van der Waals surface area contributed by atoms with Gasteiger partial charge in [-0.2, -0.15) is 0 Å². The summed E-state index contributed by atoms with van der Waals surface area (Å²) in [5, 5.41) is 0. The largest absolute Gasteiger partial charge is 0.0622 e. The van der Waals surface area contributed by atoms with Gasteiger partial charge >= 0.3 is 0 Å². The molecule has 1 unspecified atom stereocenters. The van der Waals surface area contributed by atoms with E-state index in [-0.39, 0.29) is 0 Å². The number of hydrogen-bond acceptors (Lipinski definition) is 0. The summed E-state index contributed by atoms with van der Waals surface area (Å²) in [5.41, 5.74) is 5.55. The standard InChI is InChI=1S/C16H13Br/c1-11-9-13-7-8-14(17)10-15(13)16(11)12-5-3-2-4-6-12/h2-10,16H,1H3. The van der Waals surface area contributed by atoms with E-state index in [1.165, 1.54) is 22.3 Å². The molecule has 84 valence electrons. The van der Waals surface area contributed by atoms with Gasteiger partial charge in [0.2, 0.25) is 0 Å². The second kappa shape index (κ2) is 4.15. The smallest absolute Gasteiger partial charge is 0.0305 e. The fourth-order valence-electron chi connectivity index (χ4n) is 2.59. The van der Waals surface area contributed by atoms with E-state index in [1.54, 1.807) is 0 Å². The van der Waals surface area contributed by atoms with Gasteiger partial charge in [0, 0.05) is 10.4 Å². The first-order valence-electron chi connectivity index (χ1n) is 5.78. The number of hydrogen-bond donors (Lipinski definition) is 0. The molecule has 1 aliphatic carbocycles. The molecule has 0 saturated heterocycles. The van der Waals surface area contributed by atoms with Gasteiger partial charge in [-0.3, -0.25) is 0 Å². The first-order valence-corrected chi connectivity index (χ1v) is 6.57. The zero-order chi connectivity index (χ0) is 11.8. The molecule has 2 aromatic rings. The predicted molar refractivity (Wildman–Crippen MR) is 76.1 cm³/mol. The summed E-state index contributed by atoms with van der Waals surface area (Å²) in [4.78, 5) is 0. The zero-order valence-electron chi connectivity index (χ0n) is 9.65. The lowest BCUT2D eigenvalue weighted by Gasteiger charge is -2.15. The molecule has 0 bridgehead atoms. The molecule has 0 spiro atoms. The van der Waals surface area contributed by atoms with Crippen LogP contribution in [0.2, 0.25) is 0 Å². The van der Waals surface area contributed by atoms with Crippen molar-refractivity contribution < 1.29 is 0 Å². The second-order valence-electron chi connectivity index (χ2n) is 4.51. The van der Waals surface area contributed by atoms with Gasteiger partial charge in [-0.25, -0.2) is 0 Å². The summed E-state index contributed by atoms with van der Waals surface area (Å²) < 4.78 is 1.15. The Morgan fingerprint density at radius 3 is 2.53 bits per heavy atom. The third-order valence-electron chi connectivity index (χ3n) is 3.33. The van der Waals surface area contributed by atoms with Crippen molar-refractivity contribution in [2.24, 2.45) is 0 Å². The summed E-state index contributed by atoms with van der Waals surface area (Å²) >= 11 is 3.56. The van der Waals surface area contributed by atoms with E-state index < -0.39 is 0 Å². The van der Waals surface area contributed by atoms with Crippen LogP contribution in [0.5, 0.6) is 0 Å². The van der Waals surface area contributed by atoms with Crippen molar-refractivity contribution in [3.8, 4) is 0 Å². The van der Waals surface area contributed by atoms with E-state index in [4.69, 9.17) is 0 Å². The molecule has 0 N–H and O–H groups in total. The number of halogens is 1. The van der Waals surface area contributed by atoms with Crippen LogP contribution in [0.3, 0.4) is 0 Å². The molecule has 0 saturated carbocycles. The van der Waals surface area contributed by atoms with Crippen LogP contribution in [0.4, 0.5) is 0 Å². The average Bonchev–Trinajstić information content (AvgIpc) is 2.65. The minimum absolute atomic E-state index is 0.420. The van der Waals surface area contributed by atoms with Gasteiger partial charge in [0.15, 0.2) is 0 Å². The molecule has 0 heterocycles. The van der Waals surface area contributed by atoms with Crippen LogP contribution in [-0.4, -0.2) is 0 Å². The molecule has 0 aliphatic heterocycles. The van der Waals surface area contributed by atoms with Crippen molar-refractivity contribution in [3.05, 3.63) is 75.3 Å². The van der Waals surface area contributed by atoms with Gasteiger partial charge in [-0.05, 0) is 35.7 Å². The van der Waals surface area contributed by atoms with Crippen molar-refractivity contribution in [1.82, 2.24) is 0 Å². The predicted octanol–water partition coefficient (Wildman–Crippen LogP) is 5.00. The number of fused-ring (bicyclic) bond motifs is 1. The van der Waals surface area contributed by atoms with Crippen LogP contribution < -0.4 is 0 Å². The molecule has 0 fully saturated rings. The van der Waals surface area contributed by atoms with Gasteiger partial charge in [-0.1, -0.05) is 64.0 Å². The van der Waals surface area contributed by atoms with Gasteiger partial charge in [0.25, 0.3) is 0 Å². The van der Waals surface area contributed by atoms with Crippen molar-refractivity contribution >= 4 is 22.0 Å². The highest BCUT2D eigenvalue weighted by Crippen LogP contribution is 2.41. The summed E-state index contributed by atoms with van der Waals surface area (Å²) in [6.45, 7) is 2.21. The monoisotopic (exact) mass is 284 g/mol. The highest BCUT2D eigenvalue weighted by atomic mass is 79.9. The topological polar surface area (TPSA) is 0 Å². The van der Waals surface area contributed by atoms with Crippen LogP contribution in [0.15, 0.2) is 58.6 Å². The molecule has 0 radical (unpaired) electrons. The Kier molecular flexibility index (Phi) is 2.64. The van der Waals surface area contributed by atoms with E-state index in [9.17, 15) is 0 Å². The number of benzene rings is 2. The Labute approximate surface area is 110 Å². The van der Waals surface area contributed by atoms with Crippen LogP contribution >= 0.6 is 15.9 Å². The molecular formula is C16H13Br. The molecule has 2 aromatic carbocycles. The Hall–Kier alpha value is -1.34. The highest BCUT2D eigenvalue weighted by molar-refractivity contribution is 9.10. The normalized spacial score (nSPS) is 17.8. The average molecular weight is 285 g/mol. The Balaban J connectivity index is 2.15. The molecule has 0 aromatic heterocycles. The van der Waals surface area contributed by atoms with E-state index in [0.29, 0.717) is 5.92 Å². The molecule has 1 heteroatoms. The zero-order valence-corrected chi connectivity index (χ0v) is 11.2. The molecule has 17 heavy (non-hydrogen) atoms. The van der Waals surface area contributed by atoms with E-state index in [0.717, 1.165) is 4.47 Å². The maximum Gasteiger partial charge on any atom is 0.0305 e. The Morgan fingerprint density at radius 2 is 1.76 bits per heavy atom. The second-order valence-corrected chi connectivity index (χ2v) is 5.42. The van der Waals surface area contributed by atoms with E-state index in [1.807, 2.05) is 0 Å². The maximum atomic E-state index is 3.56. The fraction of sp³-hybridized carbons (Fsp3) is 0.125. The van der Waals surface area contributed by atoms with Crippen molar-refractivity contribution in [3.63, 3.8) is 0 Å². The Morgan fingerprint density at radius 1 is 1.00 bits per heavy atom. The third kappa shape index (κ3) is 1.85. The summed E-state index contributed by atoms with van der Waals surface area (Å²) in [5.74, 6) is 0.420. The minimum Gasteiger partial charge on any atom is -0.0622 e. The summed E-state index contributed by atoms with van der Waals surface area (Å²) in [6, 6.07) is 17.2. The highest BCUT2D eigenvalue weighted by Gasteiger charge is 2.23. The SMILES string of the molecule is CC1=Cc2ccc(Br)cc2C1c1ccccc1. The maximum absolute atomic E-state index is 3.56. The molecule has 0 amide bonds. The molecule has 3 rings (SSSR count). The van der Waals surface area contributed by atoms with Crippen molar-refractivity contribution in [2.75, 3.05) is 0 Å². The first kappa shape index (κ1) is 10.8.